The van der Waals surface area contributed by atoms with Gasteiger partial charge in [0.2, 0.25) is 0 Å². The molecule has 2 N–H and O–H groups in total. The Morgan fingerprint density at radius 3 is 2.72 bits per heavy atom. The Bertz CT molecular complexity index is 822. The normalized spacial score (nSPS) is 46.6. The molecule has 4 aliphatic rings. The van der Waals surface area contributed by atoms with Crippen LogP contribution in [-0.2, 0) is 7.05 Å². The van der Waals surface area contributed by atoms with Gasteiger partial charge in [0.25, 0.3) is 0 Å². The molecule has 0 bridgehead atoms. The number of allylic oxidation sites excluding steroid dienone is 1. The Hall–Kier alpha value is -0.780. The van der Waals surface area contributed by atoms with Gasteiger partial charge in [0, 0.05) is 30.6 Å². The average Bonchev–Trinajstić information content (AvgIpc) is 3.22. The number of hydrogen-bond donors (Lipinski definition) is 2. The summed E-state index contributed by atoms with van der Waals surface area (Å²) < 4.78 is 2.05. The van der Waals surface area contributed by atoms with Crippen molar-refractivity contribution >= 4 is 11.8 Å². The van der Waals surface area contributed by atoms with Crippen LogP contribution in [0.5, 0.6) is 0 Å². The molecule has 7 atom stereocenters. The van der Waals surface area contributed by atoms with Gasteiger partial charge in [-0.3, -0.25) is 0 Å². The summed E-state index contributed by atoms with van der Waals surface area (Å²) in [6, 6.07) is 0. The topological polar surface area (TPSA) is 58.3 Å². The molecular formula is C24H36N2O2S. The molecule has 1 aromatic heterocycles. The zero-order chi connectivity index (χ0) is 20.4. The number of aliphatic hydroxyl groups excluding tert-OH is 1. The molecule has 4 nitrogen and oxygen atoms in total. The molecule has 29 heavy (non-hydrogen) atoms. The highest BCUT2D eigenvalue weighted by Gasteiger charge is 2.63. The van der Waals surface area contributed by atoms with Gasteiger partial charge < -0.3 is 14.8 Å². The monoisotopic (exact) mass is 416 g/mol. The third kappa shape index (κ3) is 2.90. The van der Waals surface area contributed by atoms with Crippen molar-refractivity contribution < 1.29 is 10.2 Å². The highest BCUT2D eigenvalue weighted by Crippen LogP contribution is 2.67. The smallest absolute Gasteiger partial charge is 0.167 e. The van der Waals surface area contributed by atoms with Gasteiger partial charge in [-0.15, -0.1) is 0 Å². The molecule has 5 rings (SSSR count). The summed E-state index contributed by atoms with van der Waals surface area (Å²) in [5, 5.41) is 23.0. The van der Waals surface area contributed by atoms with E-state index in [9.17, 15) is 10.2 Å². The van der Waals surface area contributed by atoms with Gasteiger partial charge in [0.05, 0.1) is 11.7 Å². The first-order valence-electron chi connectivity index (χ1n) is 11.5. The molecule has 4 aliphatic carbocycles. The van der Waals surface area contributed by atoms with Crippen LogP contribution in [0.2, 0.25) is 0 Å². The first-order valence-corrected chi connectivity index (χ1v) is 12.5. The summed E-state index contributed by atoms with van der Waals surface area (Å²) >= 11 is 1.71. The number of rotatable bonds is 3. The van der Waals surface area contributed by atoms with Crippen LogP contribution in [0.4, 0.5) is 0 Å². The van der Waals surface area contributed by atoms with Gasteiger partial charge in [-0.2, -0.15) is 0 Å². The fraction of sp³-hybridized carbons (Fsp3) is 0.792. The summed E-state index contributed by atoms with van der Waals surface area (Å²) in [5.74, 6) is 2.75. The molecule has 3 fully saturated rings. The van der Waals surface area contributed by atoms with Crippen molar-refractivity contribution in [3.63, 3.8) is 0 Å². The maximum Gasteiger partial charge on any atom is 0.167 e. The molecule has 0 aromatic carbocycles. The van der Waals surface area contributed by atoms with E-state index in [2.05, 4.69) is 24.9 Å². The van der Waals surface area contributed by atoms with Crippen molar-refractivity contribution in [3.8, 4) is 0 Å². The number of nitrogens with zero attached hydrogens (tertiary/aromatic N) is 2. The lowest BCUT2D eigenvalue weighted by molar-refractivity contribution is -0.113. The van der Waals surface area contributed by atoms with Crippen molar-refractivity contribution in [2.45, 2.75) is 82.1 Å². The minimum Gasteiger partial charge on any atom is -0.393 e. The maximum absolute atomic E-state index is 11.9. The second-order valence-electron chi connectivity index (χ2n) is 10.8. The van der Waals surface area contributed by atoms with Crippen LogP contribution < -0.4 is 0 Å². The zero-order valence-electron chi connectivity index (χ0n) is 18.1. The predicted molar refractivity (Wildman–Crippen MR) is 117 cm³/mol. The first-order chi connectivity index (χ1) is 13.8. The van der Waals surface area contributed by atoms with E-state index in [1.165, 1.54) is 12.0 Å². The van der Waals surface area contributed by atoms with Crippen molar-refractivity contribution in [1.29, 1.82) is 0 Å². The Labute approximate surface area is 179 Å². The molecule has 160 valence electrons. The van der Waals surface area contributed by atoms with Crippen LogP contribution in [0, 0.1) is 28.6 Å². The minimum atomic E-state index is -0.604. The summed E-state index contributed by atoms with van der Waals surface area (Å²) in [6.45, 7) is 4.86. The molecule has 1 aromatic rings. The van der Waals surface area contributed by atoms with Crippen molar-refractivity contribution in [2.24, 2.45) is 35.6 Å². The van der Waals surface area contributed by atoms with Crippen LogP contribution in [0.25, 0.3) is 0 Å². The second-order valence-corrected chi connectivity index (χ2v) is 11.7. The molecule has 3 saturated carbocycles. The molecule has 0 aliphatic heterocycles. The number of fused-ring (bicyclic) bond motifs is 5. The molecule has 0 spiro atoms. The molecule has 5 heteroatoms. The number of aromatic nitrogens is 2. The third-order valence-corrected chi connectivity index (χ3v) is 10.9. The Kier molecular flexibility index (Phi) is 4.77. The van der Waals surface area contributed by atoms with Gasteiger partial charge in [0.1, 0.15) is 0 Å². The van der Waals surface area contributed by atoms with E-state index in [-0.39, 0.29) is 16.9 Å². The lowest BCUT2D eigenvalue weighted by atomic mass is 9.47. The SMILES string of the molecule is Cn1ccnc1SC[C@]1(O)CC[C@@H]2[C@@H]3CC=C4C[C@H](O)CC[C@]4(C)[C@@H]3CC[C@@]21C. The van der Waals surface area contributed by atoms with Crippen LogP contribution in [-0.4, -0.2) is 37.2 Å². The summed E-state index contributed by atoms with van der Waals surface area (Å²) in [7, 11) is 2.03. The number of hydrogen-bond acceptors (Lipinski definition) is 4. The van der Waals surface area contributed by atoms with E-state index in [0.29, 0.717) is 11.8 Å². The Morgan fingerprint density at radius 1 is 1.17 bits per heavy atom. The average molecular weight is 417 g/mol. The minimum absolute atomic E-state index is 0.00220. The highest BCUT2D eigenvalue weighted by molar-refractivity contribution is 7.99. The quantitative estimate of drug-likeness (QED) is 0.560. The third-order valence-electron chi connectivity index (χ3n) is 9.62. The maximum atomic E-state index is 11.9. The molecule has 1 heterocycles. The van der Waals surface area contributed by atoms with Crippen LogP contribution in [0.3, 0.4) is 0 Å². The Morgan fingerprint density at radius 2 is 1.97 bits per heavy atom. The van der Waals surface area contributed by atoms with E-state index in [0.717, 1.165) is 61.8 Å². The predicted octanol–water partition coefficient (Wildman–Crippen LogP) is 4.57. The zero-order valence-corrected chi connectivity index (χ0v) is 18.9. The summed E-state index contributed by atoms with van der Waals surface area (Å²) in [5.41, 5.74) is 1.20. The number of imidazole rings is 1. The standard InChI is InChI=1S/C24H36N2O2S/c1-22-9-6-17(27)14-16(22)4-5-18-19(22)7-10-23(2)20(18)8-11-24(23,28)15-29-21-25-12-13-26(21)3/h4,12-13,17-20,27-28H,5-11,14-15H2,1-3H3/t17-,18-,19-,20-,22+,23+,24-/m1/s1. The fourth-order valence-corrected chi connectivity index (χ4v) is 8.91. The van der Waals surface area contributed by atoms with E-state index in [1.807, 2.05) is 24.0 Å². The lowest BCUT2D eigenvalue weighted by Gasteiger charge is -2.59. The molecule has 0 amide bonds. The van der Waals surface area contributed by atoms with Crippen molar-refractivity contribution in [3.05, 3.63) is 24.0 Å². The van der Waals surface area contributed by atoms with Crippen LogP contribution >= 0.6 is 11.8 Å². The molecular weight excluding hydrogens is 380 g/mol. The van der Waals surface area contributed by atoms with Crippen LogP contribution in [0.1, 0.15) is 65.2 Å². The van der Waals surface area contributed by atoms with Gasteiger partial charge in [0.15, 0.2) is 5.16 Å². The Balaban J connectivity index is 1.39. The van der Waals surface area contributed by atoms with E-state index in [4.69, 9.17) is 0 Å². The van der Waals surface area contributed by atoms with Gasteiger partial charge in [-0.1, -0.05) is 37.3 Å². The highest BCUT2D eigenvalue weighted by atomic mass is 32.2. The van der Waals surface area contributed by atoms with Gasteiger partial charge in [-0.05, 0) is 74.5 Å². The van der Waals surface area contributed by atoms with Crippen molar-refractivity contribution in [1.82, 2.24) is 9.55 Å². The van der Waals surface area contributed by atoms with E-state index >= 15 is 0 Å². The van der Waals surface area contributed by atoms with Crippen LogP contribution in [0.15, 0.2) is 29.2 Å². The van der Waals surface area contributed by atoms with Crippen molar-refractivity contribution in [2.75, 3.05) is 5.75 Å². The van der Waals surface area contributed by atoms with E-state index in [1.54, 1.807) is 11.8 Å². The lowest BCUT2D eigenvalue weighted by Crippen LogP contribution is -2.55. The largest absolute Gasteiger partial charge is 0.393 e. The van der Waals surface area contributed by atoms with Gasteiger partial charge >= 0.3 is 0 Å². The molecule has 0 radical (unpaired) electrons. The number of thioether (sulfide) groups is 1. The second kappa shape index (κ2) is 6.86. The van der Waals surface area contributed by atoms with Gasteiger partial charge in [-0.25, -0.2) is 4.98 Å². The summed E-state index contributed by atoms with van der Waals surface area (Å²) in [4.78, 5) is 4.45. The van der Waals surface area contributed by atoms with E-state index < -0.39 is 5.60 Å². The molecule has 0 saturated heterocycles. The number of aliphatic hydroxyl groups is 2. The fourth-order valence-electron chi connectivity index (χ4n) is 7.66. The summed E-state index contributed by atoms with van der Waals surface area (Å²) in [6.07, 6.45) is 14.7. The first kappa shape index (κ1) is 20.1. The number of aryl methyl sites for hydroxylation is 1. The molecule has 0 unspecified atom stereocenters.